The van der Waals surface area contributed by atoms with Crippen LogP contribution in [0.4, 0.5) is 5.69 Å². The fourth-order valence-corrected chi connectivity index (χ4v) is 9.30. The fourth-order valence-electron chi connectivity index (χ4n) is 7.88. The number of carbonyl (C=O) groups is 1. The van der Waals surface area contributed by atoms with Crippen LogP contribution in [0.2, 0.25) is 18.1 Å². The predicted molar refractivity (Wildman–Crippen MR) is 223 cm³/mol. The average molecular weight is 761 g/mol. The van der Waals surface area contributed by atoms with E-state index in [4.69, 9.17) is 13.9 Å². The van der Waals surface area contributed by atoms with Crippen molar-refractivity contribution in [3.05, 3.63) is 101 Å². The number of benzene rings is 3. The first-order chi connectivity index (χ1) is 26.3. The highest BCUT2D eigenvalue weighted by Crippen LogP contribution is 2.41. The third kappa shape index (κ3) is 10.3. The molecule has 2 aliphatic carbocycles. The van der Waals surface area contributed by atoms with Crippen LogP contribution in [0.3, 0.4) is 0 Å². The Morgan fingerprint density at radius 3 is 2.27 bits per heavy atom. The van der Waals surface area contributed by atoms with Crippen molar-refractivity contribution in [2.24, 2.45) is 11.8 Å². The van der Waals surface area contributed by atoms with E-state index in [2.05, 4.69) is 97.9 Å². The molecule has 0 N–H and O–H groups in total. The second kappa shape index (κ2) is 17.6. The molecule has 292 valence electrons. The first-order valence-corrected chi connectivity index (χ1v) is 23.0. The second-order valence-electron chi connectivity index (χ2n) is 17.2. The van der Waals surface area contributed by atoms with Crippen LogP contribution in [-0.2, 0) is 15.8 Å². The smallest absolute Gasteiger partial charge is 0.230 e. The third-order valence-corrected chi connectivity index (χ3v) is 16.8. The number of hydrogen-bond donors (Lipinski definition) is 0. The molecule has 0 saturated heterocycles. The van der Waals surface area contributed by atoms with Gasteiger partial charge in [-0.1, -0.05) is 57.0 Å². The summed E-state index contributed by atoms with van der Waals surface area (Å²) in [6.45, 7) is 15.0. The largest absolute Gasteiger partial charge is 0.497 e. The Balaban J connectivity index is 1.16. The van der Waals surface area contributed by atoms with E-state index in [1.807, 2.05) is 36.4 Å². The van der Waals surface area contributed by atoms with Crippen molar-refractivity contribution in [3.8, 4) is 23.3 Å². The number of hydrogen-bond acceptors (Lipinski definition) is 6. The van der Waals surface area contributed by atoms with Crippen LogP contribution in [0.1, 0.15) is 106 Å². The highest BCUT2D eigenvalue weighted by atomic mass is 28.4. The Morgan fingerprint density at radius 2 is 1.62 bits per heavy atom. The fraction of sp³-hybridized carbons (Fsp3) is 0.500. The van der Waals surface area contributed by atoms with E-state index in [9.17, 15) is 4.79 Å². The molecule has 3 aromatic carbocycles. The first-order valence-electron chi connectivity index (χ1n) is 20.1. The lowest BCUT2D eigenvalue weighted by Gasteiger charge is -2.41. The summed E-state index contributed by atoms with van der Waals surface area (Å²) in [5.74, 6) is 9.87. The average Bonchev–Trinajstić information content (AvgIpc) is 3.63. The summed E-state index contributed by atoms with van der Waals surface area (Å²) in [6, 6.07) is 22.7. The number of methoxy groups -OCH3 is 2. The number of aryl methyl sites for hydroxylation is 1. The van der Waals surface area contributed by atoms with Gasteiger partial charge in [0.1, 0.15) is 17.8 Å². The van der Waals surface area contributed by atoms with Crippen molar-refractivity contribution in [1.29, 1.82) is 0 Å². The van der Waals surface area contributed by atoms with Crippen LogP contribution in [0.15, 0.2) is 73.1 Å². The highest BCUT2D eigenvalue weighted by Gasteiger charge is 2.41. The zero-order valence-corrected chi connectivity index (χ0v) is 35.2. The van der Waals surface area contributed by atoms with Gasteiger partial charge in [0.05, 0.1) is 20.8 Å². The standard InChI is InChI=1S/C46H60N4O4Si/c1-33-28-39(21-26-43(33)53-6)37-17-12-36(13-18-37)31-50(45(51)38-19-24-42(25-20-38)54-55(7,8)46(2,3)4)40-11-9-10-34(29-40)16-27-44-47-32-49(48-44)30-35-14-22-41(52-5)23-15-35/h9-11,14-15,21-23,26,28-29,32,36-38,42H,12-13,17-20,24-25,30-31H2,1-8H3/t36-,37-,38-,42-. The number of anilines is 1. The van der Waals surface area contributed by atoms with Crippen molar-refractivity contribution < 1.29 is 18.7 Å². The molecule has 1 heterocycles. The molecule has 2 aliphatic rings. The molecule has 0 aliphatic heterocycles. The molecular weight excluding hydrogens is 701 g/mol. The van der Waals surface area contributed by atoms with Gasteiger partial charge in [-0.2, -0.15) is 0 Å². The zero-order valence-electron chi connectivity index (χ0n) is 34.2. The third-order valence-electron chi connectivity index (χ3n) is 12.3. The van der Waals surface area contributed by atoms with Crippen molar-refractivity contribution in [2.75, 3.05) is 25.7 Å². The molecule has 9 heteroatoms. The van der Waals surface area contributed by atoms with E-state index in [-0.39, 0.29) is 23.0 Å². The number of rotatable bonds is 11. The first kappa shape index (κ1) is 40.3. The van der Waals surface area contributed by atoms with E-state index in [0.717, 1.165) is 86.2 Å². The van der Waals surface area contributed by atoms with Gasteiger partial charge in [0.2, 0.25) is 11.7 Å². The van der Waals surface area contributed by atoms with Crippen molar-refractivity contribution in [3.63, 3.8) is 0 Å². The molecule has 1 amide bonds. The summed E-state index contributed by atoms with van der Waals surface area (Å²) in [7, 11) is 1.52. The predicted octanol–water partition coefficient (Wildman–Crippen LogP) is 9.94. The SMILES string of the molecule is COc1ccc(Cn2cnc(C#Cc3cccc(N(C[C@H]4CC[C@H](c5ccc(OC)c(C)c5)CC4)C(=O)[C@H]4CC[C@H](O[Si](C)(C)C(C)(C)C)CC4)c3)n2)cc1. The van der Waals surface area contributed by atoms with E-state index >= 15 is 0 Å². The number of aromatic nitrogens is 3. The van der Waals surface area contributed by atoms with Crippen LogP contribution in [0.5, 0.6) is 11.5 Å². The maximum absolute atomic E-state index is 14.6. The van der Waals surface area contributed by atoms with Crippen LogP contribution >= 0.6 is 0 Å². The van der Waals surface area contributed by atoms with Gasteiger partial charge in [-0.25, -0.2) is 9.67 Å². The minimum atomic E-state index is -1.87. The van der Waals surface area contributed by atoms with E-state index in [1.54, 1.807) is 25.2 Å². The summed E-state index contributed by atoms with van der Waals surface area (Å²) in [5.41, 5.74) is 5.44. The van der Waals surface area contributed by atoms with Crippen LogP contribution in [-0.4, -0.2) is 55.9 Å². The maximum atomic E-state index is 14.6. The summed E-state index contributed by atoms with van der Waals surface area (Å²) in [6.07, 6.45) is 9.98. The molecular formula is C46H60N4O4Si. The Hall–Kier alpha value is -4.39. The van der Waals surface area contributed by atoms with Gasteiger partial charge in [-0.3, -0.25) is 4.79 Å². The molecule has 55 heavy (non-hydrogen) atoms. The highest BCUT2D eigenvalue weighted by molar-refractivity contribution is 6.74. The molecule has 0 radical (unpaired) electrons. The number of carbonyl (C=O) groups excluding carboxylic acids is 1. The lowest BCUT2D eigenvalue weighted by molar-refractivity contribution is -0.124. The van der Waals surface area contributed by atoms with Gasteiger partial charge in [0.25, 0.3) is 0 Å². The molecule has 8 nitrogen and oxygen atoms in total. The minimum Gasteiger partial charge on any atom is -0.497 e. The molecule has 0 unspecified atom stereocenters. The van der Waals surface area contributed by atoms with E-state index in [1.165, 1.54) is 11.1 Å². The summed E-state index contributed by atoms with van der Waals surface area (Å²) in [4.78, 5) is 21.1. The molecule has 0 bridgehead atoms. The minimum absolute atomic E-state index is 0.00788. The van der Waals surface area contributed by atoms with Gasteiger partial charge < -0.3 is 18.8 Å². The Labute approximate surface area is 330 Å². The molecule has 0 atom stereocenters. The number of nitrogens with zero attached hydrogens (tertiary/aromatic N) is 4. The lowest BCUT2D eigenvalue weighted by atomic mass is 9.78. The van der Waals surface area contributed by atoms with Gasteiger partial charge in [0, 0.05) is 29.8 Å². The summed E-state index contributed by atoms with van der Waals surface area (Å²) < 4.78 is 19.4. The molecule has 0 spiro atoms. The molecule has 4 aromatic rings. The molecule has 1 aromatic heterocycles. The topological polar surface area (TPSA) is 78.7 Å². The van der Waals surface area contributed by atoms with Gasteiger partial charge in [0.15, 0.2) is 8.32 Å². The Bertz CT molecular complexity index is 1960. The van der Waals surface area contributed by atoms with Gasteiger partial charge in [-0.15, -0.1) is 5.10 Å². The Morgan fingerprint density at radius 1 is 0.891 bits per heavy atom. The van der Waals surface area contributed by atoms with Crippen molar-refractivity contribution in [2.45, 2.75) is 116 Å². The van der Waals surface area contributed by atoms with Gasteiger partial charge in [-0.05, 0) is 147 Å². The number of ether oxygens (including phenoxy) is 2. The normalized spacial score (nSPS) is 20.3. The molecule has 2 fully saturated rings. The summed E-state index contributed by atoms with van der Waals surface area (Å²) in [5, 5.41) is 4.76. The quantitative estimate of drug-likeness (QED) is 0.112. The zero-order chi connectivity index (χ0) is 39.2. The monoisotopic (exact) mass is 760 g/mol. The maximum Gasteiger partial charge on any atom is 0.230 e. The van der Waals surface area contributed by atoms with Crippen LogP contribution in [0.25, 0.3) is 0 Å². The number of amides is 1. The molecule has 2 saturated carbocycles. The summed E-state index contributed by atoms with van der Waals surface area (Å²) >= 11 is 0. The molecule has 6 rings (SSSR count). The van der Waals surface area contributed by atoms with Crippen LogP contribution in [0, 0.1) is 30.6 Å². The second-order valence-corrected chi connectivity index (χ2v) is 21.9. The van der Waals surface area contributed by atoms with Gasteiger partial charge >= 0.3 is 0 Å². The van der Waals surface area contributed by atoms with E-state index < -0.39 is 8.32 Å². The van der Waals surface area contributed by atoms with Crippen molar-refractivity contribution >= 4 is 19.9 Å². The van der Waals surface area contributed by atoms with Crippen molar-refractivity contribution in [1.82, 2.24) is 14.8 Å². The van der Waals surface area contributed by atoms with E-state index in [0.29, 0.717) is 24.2 Å². The lowest BCUT2D eigenvalue weighted by Crippen LogP contribution is -2.46. The Kier molecular flexibility index (Phi) is 12.9. The van der Waals surface area contributed by atoms with Crippen LogP contribution < -0.4 is 14.4 Å².